The number of H-pyrrole nitrogens is 1. The fraction of sp³-hybridized carbons (Fsp3) is 0.444. The van der Waals surface area contributed by atoms with E-state index in [1.54, 1.807) is 6.20 Å². The average Bonchev–Trinajstić information content (AvgIpc) is 3.20. The number of carbonyl (C=O) groups excluding carboxylic acids is 1. The first-order chi connectivity index (χ1) is 11.6. The Balaban J connectivity index is 1.49. The Hall–Kier alpha value is -2.50. The van der Waals surface area contributed by atoms with Gasteiger partial charge in [0, 0.05) is 19.0 Å². The molecule has 0 bridgehead atoms. The molecule has 0 aliphatic carbocycles. The minimum absolute atomic E-state index is 0.126. The van der Waals surface area contributed by atoms with Crippen LogP contribution >= 0.6 is 0 Å². The third kappa shape index (κ3) is 3.37. The zero-order valence-electron chi connectivity index (χ0n) is 14.2. The van der Waals surface area contributed by atoms with Gasteiger partial charge in [-0.2, -0.15) is 5.10 Å². The highest BCUT2D eigenvalue weighted by Crippen LogP contribution is 2.29. The molecule has 0 spiro atoms. The molecule has 24 heavy (non-hydrogen) atoms. The molecule has 3 N–H and O–H groups in total. The van der Waals surface area contributed by atoms with E-state index in [2.05, 4.69) is 23.2 Å². The number of ether oxygens (including phenoxy) is 1. The van der Waals surface area contributed by atoms with E-state index in [9.17, 15) is 4.79 Å². The van der Waals surface area contributed by atoms with Crippen LogP contribution < -0.4 is 10.5 Å². The summed E-state index contributed by atoms with van der Waals surface area (Å²) in [5.41, 5.74) is 9.83. The second-order valence-electron chi connectivity index (χ2n) is 6.36. The number of nitrogen functional groups attached to an aromatic ring is 1. The maximum absolute atomic E-state index is 12.4. The van der Waals surface area contributed by atoms with Crippen molar-refractivity contribution >= 4 is 11.6 Å². The topological polar surface area (TPSA) is 84.2 Å². The van der Waals surface area contributed by atoms with Gasteiger partial charge in [0.05, 0.1) is 30.6 Å². The van der Waals surface area contributed by atoms with Crippen LogP contribution in [0.25, 0.3) is 0 Å². The van der Waals surface area contributed by atoms with Crippen LogP contribution in [-0.4, -0.2) is 40.7 Å². The van der Waals surface area contributed by atoms with Crippen LogP contribution in [-0.2, 0) is 4.79 Å². The Kier molecular flexibility index (Phi) is 4.74. The lowest BCUT2D eigenvalue weighted by molar-refractivity contribution is -0.130. The molecular weight excluding hydrogens is 304 g/mol. The number of benzene rings is 1. The highest BCUT2D eigenvalue weighted by Gasteiger charge is 2.29. The maximum atomic E-state index is 12.4. The molecule has 1 aromatic heterocycles. The zero-order chi connectivity index (χ0) is 17.1. The number of hydrogen-bond donors (Lipinski definition) is 2. The zero-order valence-corrected chi connectivity index (χ0v) is 14.2. The van der Waals surface area contributed by atoms with Crippen molar-refractivity contribution in [3.8, 4) is 5.75 Å². The van der Waals surface area contributed by atoms with Crippen molar-refractivity contribution < 1.29 is 9.53 Å². The van der Waals surface area contributed by atoms with Crippen LogP contribution in [0.5, 0.6) is 5.75 Å². The summed E-state index contributed by atoms with van der Waals surface area (Å²) in [6.07, 6.45) is 2.92. The highest BCUT2D eigenvalue weighted by molar-refractivity contribution is 5.76. The lowest BCUT2D eigenvalue weighted by Crippen LogP contribution is -2.29. The normalized spacial score (nSPS) is 17.2. The van der Waals surface area contributed by atoms with Crippen molar-refractivity contribution in [3.05, 3.63) is 41.2 Å². The smallest absolute Gasteiger partial charge is 0.226 e. The van der Waals surface area contributed by atoms with Crippen molar-refractivity contribution in [2.75, 3.05) is 25.4 Å². The van der Waals surface area contributed by atoms with Crippen molar-refractivity contribution in [2.24, 2.45) is 0 Å². The highest BCUT2D eigenvalue weighted by atomic mass is 16.5. The van der Waals surface area contributed by atoms with Crippen molar-refractivity contribution in [2.45, 2.75) is 32.6 Å². The number of likely N-dealkylation sites (tertiary alicyclic amines) is 1. The predicted molar refractivity (Wildman–Crippen MR) is 93.0 cm³/mol. The number of nitrogens with two attached hydrogens (primary N) is 1. The summed E-state index contributed by atoms with van der Waals surface area (Å²) in [5, 5.41) is 6.91. The van der Waals surface area contributed by atoms with Gasteiger partial charge in [-0.15, -0.1) is 0 Å². The van der Waals surface area contributed by atoms with E-state index in [0.717, 1.165) is 30.0 Å². The molecule has 0 saturated carbocycles. The minimum Gasteiger partial charge on any atom is -0.493 e. The van der Waals surface area contributed by atoms with Gasteiger partial charge >= 0.3 is 0 Å². The predicted octanol–water partition coefficient (Wildman–Crippen LogP) is 2.39. The molecule has 1 amide bonds. The van der Waals surface area contributed by atoms with Crippen LogP contribution in [0, 0.1) is 13.8 Å². The Morgan fingerprint density at radius 3 is 3.04 bits per heavy atom. The molecule has 1 saturated heterocycles. The van der Waals surface area contributed by atoms with E-state index in [-0.39, 0.29) is 11.8 Å². The van der Waals surface area contributed by atoms with E-state index in [1.165, 1.54) is 5.56 Å². The first-order valence-corrected chi connectivity index (χ1v) is 8.31. The second-order valence-corrected chi connectivity index (χ2v) is 6.36. The molecule has 6 heteroatoms. The standard InChI is InChI=1S/C18H24N4O2/c1-12-4-3-5-16(13(12)2)24-9-7-17(23)22-8-6-14(11-22)18-15(19)10-20-21-18/h3-5,10,14H,6-9,11,19H2,1-2H3,(H,20,21). The summed E-state index contributed by atoms with van der Waals surface area (Å²) in [5.74, 6) is 1.23. The number of aromatic nitrogens is 2. The molecule has 1 atom stereocenters. The maximum Gasteiger partial charge on any atom is 0.226 e. The summed E-state index contributed by atoms with van der Waals surface area (Å²) in [7, 11) is 0. The Morgan fingerprint density at radius 2 is 2.29 bits per heavy atom. The summed E-state index contributed by atoms with van der Waals surface area (Å²) < 4.78 is 5.78. The number of carbonyl (C=O) groups is 1. The molecule has 2 aromatic rings. The largest absolute Gasteiger partial charge is 0.493 e. The van der Waals surface area contributed by atoms with Crippen molar-refractivity contribution in [3.63, 3.8) is 0 Å². The number of aryl methyl sites for hydroxylation is 1. The van der Waals surface area contributed by atoms with Crippen molar-refractivity contribution in [1.29, 1.82) is 0 Å². The monoisotopic (exact) mass is 328 g/mol. The Bertz CT molecular complexity index is 726. The molecule has 1 aliphatic rings. The van der Waals surface area contributed by atoms with Gasteiger partial charge < -0.3 is 15.4 Å². The number of nitrogens with one attached hydrogen (secondary N) is 1. The van der Waals surface area contributed by atoms with E-state index in [1.807, 2.05) is 24.0 Å². The number of rotatable bonds is 5. The first-order valence-electron chi connectivity index (χ1n) is 8.31. The molecule has 0 radical (unpaired) electrons. The van der Waals surface area contributed by atoms with Gasteiger partial charge in [0.1, 0.15) is 5.75 Å². The molecule has 1 aromatic carbocycles. The fourth-order valence-electron chi connectivity index (χ4n) is 3.14. The van der Waals surface area contributed by atoms with E-state index < -0.39 is 0 Å². The number of aromatic amines is 1. The van der Waals surface area contributed by atoms with Gasteiger partial charge in [-0.1, -0.05) is 12.1 Å². The lowest BCUT2D eigenvalue weighted by Gasteiger charge is -2.17. The van der Waals surface area contributed by atoms with Gasteiger partial charge in [0.2, 0.25) is 5.91 Å². The molecule has 1 fully saturated rings. The fourth-order valence-corrected chi connectivity index (χ4v) is 3.14. The van der Waals surface area contributed by atoms with E-state index in [0.29, 0.717) is 25.3 Å². The Morgan fingerprint density at radius 1 is 1.46 bits per heavy atom. The summed E-state index contributed by atoms with van der Waals surface area (Å²) in [6.45, 7) is 5.93. The first kappa shape index (κ1) is 16.4. The van der Waals surface area contributed by atoms with Gasteiger partial charge in [-0.25, -0.2) is 0 Å². The Labute approximate surface area is 142 Å². The second kappa shape index (κ2) is 6.95. The molecule has 1 aliphatic heterocycles. The van der Waals surface area contributed by atoms with Crippen LogP contribution in [0.15, 0.2) is 24.4 Å². The summed E-state index contributed by atoms with van der Waals surface area (Å²) in [6, 6.07) is 5.97. The molecular formula is C18H24N4O2. The van der Waals surface area contributed by atoms with E-state index >= 15 is 0 Å². The van der Waals surface area contributed by atoms with E-state index in [4.69, 9.17) is 10.5 Å². The third-order valence-electron chi connectivity index (χ3n) is 4.78. The quantitative estimate of drug-likeness (QED) is 0.882. The van der Waals surface area contributed by atoms with Gasteiger partial charge in [-0.3, -0.25) is 9.89 Å². The van der Waals surface area contributed by atoms with Crippen LogP contribution in [0.2, 0.25) is 0 Å². The molecule has 2 heterocycles. The number of hydrogen-bond acceptors (Lipinski definition) is 4. The molecule has 1 unspecified atom stereocenters. The minimum atomic E-state index is 0.126. The summed E-state index contributed by atoms with van der Waals surface area (Å²) in [4.78, 5) is 14.3. The van der Waals surface area contributed by atoms with Crippen LogP contribution in [0.3, 0.4) is 0 Å². The molecule has 6 nitrogen and oxygen atoms in total. The SMILES string of the molecule is Cc1cccc(OCCC(=O)N2CCC(c3[nH]ncc3N)C2)c1C. The van der Waals surface area contributed by atoms with Gasteiger partial charge in [0.15, 0.2) is 0 Å². The summed E-state index contributed by atoms with van der Waals surface area (Å²) >= 11 is 0. The average molecular weight is 328 g/mol. The number of anilines is 1. The van der Waals surface area contributed by atoms with Crippen LogP contribution in [0.1, 0.15) is 35.6 Å². The number of nitrogens with zero attached hydrogens (tertiary/aromatic N) is 2. The number of amides is 1. The third-order valence-corrected chi connectivity index (χ3v) is 4.78. The lowest BCUT2D eigenvalue weighted by atomic mass is 10.0. The van der Waals surface area contributed by atoms with Gasteiger partial charge in [0.25, 0.3) is 0 Å². The van der Waals surface area contributed by atoms with Gasteiger partial charge in [-0.05, 0) is 37.5 Å². The molecule has 128 valence electrons. The van der Waals surface area contributed by atoms with Crippen molar-refractivity contribution in [1.82, 2.24) is 15.1 Å². The molecule has 3 rings (SSSR count). The van der Waals surface area contributed by atoms with Crippen LogP contribution in [0.4, 0.5) is 5.69 Å².